The van der Waals surface area contributed by atoms with Gasteiger partial charge in [-0.25, -0.2) is 8.78 Å². The summed E-state index contributed by atoms with van der Waals surface area (Å²) in [6.45, 7) is 0. The van der Waals surface area contributed by atoms with Crippen molar-refractivity contribution in [1.82, 2.24) is 14.9 Å². The van der Waals surface area contributed by atoms with E-state index in [1.165, 1.54) is 23.4 Å². The summed E-state index contributed by atoms with van der Waals surface area (Å²) in [5.74, 6) is -2.12. The summed E-state index contributed by atoms with van der Waals surface area (Å²) >= 11 is 1.02. The van der Waals surface area contributed by atoms with Crippen LogP contribution < -0.4 is 0 Å². The van der Waals surface area contributed by atoms with E-state index in [1.54, 1.807) is 0 Å². The third-order valence-electron chi connectivity index (χ3n) is 4.20. The fourth-order valence-corrected chi connectivity index (χ4v) is 3.55. The van der Waals surface area contributed by atoms with Crippen LogP contribution in [0.4, 0.5) is 8.78 Å². The predicted octanol–water partition coefficient (Wildman–Crippen LogP) is 3.66. The number of rotatable bonds is 6. The van der Waals surface area contributed by atoms with Crippen molar-refractivity contribution in [1.29, 1.82) is 0 Å². The number of aromatic nitrogens is 3. The molecule has 9 heteroatoms. The van der Waals surface area contributed by atoms with Gasteiger partial charge < -0.3 is 5.11 Å². The van der Waals surface area contributed by atoms with Gasteiger partial charge in [-0.3, -0.25) is 4.79 Å². The average Bonchev–Trinajstić information content (AvgIpc) is 3.04. The van der Waals surface area contributed by atoms with E-state index in [2.05, 4.69) is 15.3 Å². The van der Waals surface area contributed by atoms with Crippen LogP contribution in [-0.4, -0.2) is 37.9 Å². The number of hydrogen-bond acceptors (Lipinski definition) is 5. The number of nitrogens with zero attached hydrogens (tertiary/aromatic N) is 4. The summed E-state index contributed by atoms with van der Waals surface area (Å²) in [7, 11) is 0. The van der Waals surface area contributed by atoms with Crippen molar-refractivity contribution in [2.75, 3.05) is 5.75 Å². The molecule has 3 rings (SSSR count). The Labute approximate surface area is 153 Å². The third-order valence-corrected chi connectivity index (χ3v) is 5.10. The van der Waals surface area contributed by atoms with Crippen molar-refractivity contribution in [3.8, 4) is 0 Å². The summed E-state index contributed by atoms with van der Waals surface area (Å²) in [4.78, 5) is 10.8. The molecule has 0 atom stereocenters. The first-order chi connectivity index (χ1) is 12.5. The maximum atomic E-state index is 13.4. The van der Waals surface area contributed by atoms with Gasteiger partial charge in [-0.1, -0.05) is 37.1 Å². The molecular weight excluding hydrogens is 362 g/mol. The second-order valence-corrected chi connectivity index (χ2v) is 7.03. The van der Waals surface area contributed by atoms with E-state index in [4.69, 9.17) is 5.11 Å². The second kappa shape index (κ2) is 8.39. The highest BCUT2D eigenvalue weighted by atomic mass is 32.2. The van der Waals surface area contributed by atoms with Crippen LogP contribution in [-0.2, 0) is 4.79 Å². The molecule has 0 bridgehead atoms. The van der Waals surface area contributed by atoms with Crippen LogP contribution >= 0.6 is 11.8 Å². The Morgan fingerprint density at radius 2 is 2.04 bits per heavy atom. The number of halogens is 2. The predicted molar refractivity (Wildman–Crippen MR) is 93.6 cm³/mol. The van der Waals surface area contributed by atoms with Crippen LogP contribution in [0.15, 0.2) is 28.5 Å². The zero-order valence-electron chi connectivity index (χ0n) is 13.9. The Hall–Kier alpha value is -2.29. The van der Waals surface area contributed by atoms with Gasteiger partial charge in [0.05, 0.1) is 12.0 Å². The lowest BCUT2D eigenvalue weighted by Gasteiger charge is -2.20. The topological polar surface area (TPSA) is 80.4 Å². The van der Waals surface area contributed by atoms with Gasteiger partial charge in [0.25, 0.3) is 0 Å². The molecule has 0 amide bonds. The standard InChI is InChI=1S/C17H18F2N4O2S/c18-13-7-6-11(8-14(13)19)9-20-23-16(12-4-2-1-3-5-12)21-22-17(23)26-10-15(24)25/h6-9,12H,1-5,10H2,(H,24,25)/b20-9-. The van der Waals surface area contributed by atoms with Gasteiger partial charge >= 0.3 is 5.97 Å². The maximum Gasteiger partial charge on any atom is 0.313 e. The van der Waals surface area contributed by atoms with Gasteiger partial charge in [0, 0.05) is 5.92 Å². The Balaban J connectivity index is 1.90. The molecule has 1 aliphatic carbocycles. The van der Waals surface area contributed by atoms with Gasteiger partial charge in [0.15, 0.2) is 17.5 Å². The Bertz CT molecular complexity index is 819. The molecular formula is C17H18F2N4O2S. The highest BCUT2D eigenvalue weighted by molar-refractivity contribution is 7.99. The molecule has 1 aromatic carbocycles. The minimum atomic E-state index is -0.964. The third kappa shape index (κ3) is 4.46. The smallest absolute Gasteiger partial charge is 0.313 e. The molecule has 6 nitrogen and oxygen atoms in total. The molecule has 0 aliphatic heterocycles. The molecule has 1 fully saturated rings. The van der Waals surface area contributed by atoms with Gasteiger partial charge in [-0.05, 0) is 30.5 Å². The molecule has 0 saturated heterocycles. The number of carboxylic acid groups (broad SMARTS) is 1. The van der Waals surface area contributed by atoms with Gasteiger partial charge in [-0.15, -0.1) is 10.2 Å². The maximum absolute atomic E-state index is 13.4. The lowest BCUT2D eigenvalue weighted by Crippen LogP contribution is -2.11. The first-order valence-electron chi connectivity index (χ1n) is 8.34. The monoisotopic (exact) mass is 380 g/mol. The molecule has 1 saturated carbocycles. The zero-order chi connectivity index (χ0) is 18.5. The molecule has 0 unspecified atom stereocenters. The van der Waals surface area contributed by atoms with E-state index in [9.17, 15) is 13.6 Å². The summed E-state index contributed by atoms with van der Waals surface area (Å²) in [5, 5.41) is 21.9. The van der Waals surface area contributed by atoms with Crippen molar-refractivity contribution in [2.24, 2.45) is 5.10 Å². The summed E-state index contributed by atoms with van der Waals surface area (Å²) in [5.41, 5.74) is 0.390. The quantitative estimate of drug-likeness (QED) is 0.611. The molecule has 0 spiro atoms. The Morgan fingerprint density at radius 1 is 1.27 bits per heavy atom. The zero-order valence-corrected chi connectivity index (χ0v) is 14.8. The molecule has 26 heavy (non-hydrogen) atoms. The van der Waals surface area contributed by atoms with Crippen LogP contribution in [0.3, 0.4) is 0 Å². The van der Waals surface area contributed by atoms with E-state index in [0.717, 1.165) is 49.6 Å². The fraction of sp³-hybridized carbons (Fsp3) is 0.412. The lowest BCUT2D eigenvalue weighted by molar-refractivity contribution is -0.133. The number of benzene rings is 1. The average molecular weight is 380 g/mol. The largest absolute Gasteiger partial charge is 0.481 e. The van der Waals surface area contributed by atoms with Gasteiger partial charge in [0.1, 0.15) is 0 Å². The molecule has 1 aromatic heterocycles. The van der Waals surface area contributed by atoms with E-state index in [-0.39, 0.29) is 11.7 Å². The van der Waals surface area contributed by atoms with Gasteiger partial charge in [0.2, 0.25) is 5.16 Å². The first-order valence-corrected chi connectivity index (χ1v) is 9.32. The Morgan fingerprint density at radius 3 is 2.73 bits per heavy atom. The highest BCUT2D eigenvalue weighted by Gasteiger charge is 2.23. The van der Waals surface area contributed by atoms with E-state index >= 15 is 0 Å². The van der Waals surface area contributed by atoms with Crippen molar-refractivity contribution in [3.05, 3.63) is 41.2 Å². The second-order valence-electron chi connectivity index (χ2n) is 6.09. The molecule has 0 radical (unpaired) electrons. The number of thioether (sulfide) groups is 1. The summed E-state index contributed by atoms with van der Waals surface area (Å²) in [6, 6.07) is 3.50. The normalized spacial score (nSPS) is 15.6. The SMILES string of the molecule is O=C(O)CSc1nnc(C2CCCCC2)n1/N=C\c1ccc(F)c(F)c1. The lowest BCUT2D eigenvalue weighted by atomic mass is 9.89. The van der Waals surface area contributed by atoms with Crippen molar-refractivity contribution >= 4 is 23.9 Å². The highest BCUT2D eigenvalue weighted by Crippen LogP contribution is 2.33. The van der Waals surface area contributed by atoms with Gasteiger partial charge in [-0.2, -0.15) is 9.78 Å². The minimum absolute atomic E-state index is 0.163. The van der Waals surface area contributed by atoms with Crippen molar-refractivity contribution in [3.63, 3.8) is 0 Å². The fourth-order valence-electron chi connectivity index (χ4n) is 2.93. The van der Waals surface area contributed by atoms with Crippen molar-refractivity contribution < 1.29 is 18.7 Å². The van der Waals surface area contributed by atoms with E-state index < -0.39 is 17.6 Å². The molecule has 1 aliphatic rings. The van der Waals surface area contributed by atoms with Crippen LogP contribution in [0, 0.1) is 11.6 Å². The molecule has 2 aromatic rings. The minimum Gasteiger partial charge on any atom is -0.481 e. The molecule has 138 valence electrons. The van der Waals surface area contributed by atoms with E-state index in [1.807, 2.05) is 0 Å². The number of hydrogen-bond donors (Lipinski definition) is 1. The first kappa shape index (κ1) is 18.5. The Kier molecular flexibility index (Phi) is 5.97. The van der Waals surface area contributed by atoms with Crippen LogP contribution in [0.25, 0.3) is 0 Å². The number of aliphatic carboxylic acids is 1. The van der Waals surface area contributed by atoms with Crippen LogP contribution in [0.2, 0.25) is 0 Å². The summed E-state index contributed by atoms with van der Waals surface area (Å²) in [6.07, 6.45) is 6.72. The van der Waals surface area contributed by atoms with Crippen molar-refractivity contribution in [2.45, 2.75) is 43.2 Å². The molecule has 1 N–H and O–H groups in total. The number of carbonyl (C=O) groups is 1. The molecule has 1 heterocycles. The van der Waals surface area contributed by atoms with E-state index in [0.29, 0.717) is 16.5 Å². The van der Waals surface area contributed by atoms with Crippen LogP contribution in [0.5, 0.6) is 0 Å². The summed E-state index contributed by atoms with van der Waals surface area (Å²) < 4.78 is 27.9. The van der Waals surface area contributed by atoms with Crippen LogP contribution in [0.1, 0.15) is 49.4 Å². The number of carboxylic acids is 1.